The van der Waals surface area contributed by atoms with E-state index < -0.39 is 0 Å². The number of hydrogen-bond acceptors (Lipinski definition) is 3. The Labute approximate surface area is 93.2 Å². The number of phenols is 1. The van der Waals surface area contributed by atoms with Gasteiger partial charge in [-0.2, -0.15) is 5.26 Å². The molecule has 0 spiro atoms. The molecule has 3 nitrogen and oxygen atoms in total. The van der Waals surface area contributed by atoms with Crippen molar-refractivity contribution in [3.8, 4) is 23.3 Å². The molecule has 0 aromatic heterocycles. The lowest BCUT2D eigenvalue weighted by molar-refractivity contribution is 0.411. The minimum Gasteiger partial charge on any atom is -0.504 e. The molecule has 0 aliphatic rings. The minimum atomic E-state index is -0.0390. The molecule has 0 unspecified atom stereocenters. The fourth-order valence-corrected chi connectivity index (χ4v) is 1.29. The van der Waals surface area contributed by atoms with Gasteiger partial charge < -0.3 is 9.84 Å². The van der Waals surface area contributed by atoms with Crippen LogP contribution in [0, 0.1) is 11.3 Å². The van der Waals surface area contributed by atoms with Crippen LogP contribution in [0.25, 0.3) is 0 Å². The van der Waals surface area contributed by atoms with Crippen LogP contribution in [0.1, 0.15) is 5.56 Å². The predicted molar refractivity (Wildman–Crippen MR) is 59.3 cm³/mol. The highest BCUT2D eigenvalue weighted by molar-refractivity contribution is 5.47. The Morgan fingerprint density at radius 2 is 1.81 bits per heavy atom. The molecule has 0 heterocycles. The summed E-state index contributed by atoms with van der Waals surface area (Å²) in [6.45, 7) is 0. The van der Waals surface area contributed by atoms with Gasteiger partial charge in [0.15, 0.2) is 11.5 Å². The lowest BCUT2D eigenvalue weighted by Gasteiger charge is -2.07. The number of nitrogens with zero attached hydrogens (tertiary/aromatic N) is 1. The molecule has 0 fully saturated rings. The normalized spacial score (nSPS) is 9.44. The number of aromatic hydroxyl groups is 1. The van der Waals surface area contributed by atoms with Crippen molar-refractivity contribution in [3.05, 3.63) is 54.1 Å². The smallest absolute Gasteiger partial charge is 0.169 e. The Kier molecular flexibility index (Phi) is 2.75. The molecule has 0 amide bonds. The standard InChI is InChI=1S/C13H9NO2/c14-9-10-6-7-13(12(15)8-10)16-11-4-2-1-3-5-11/h1-8,15H. The summed E-state index contributed by atoms with van der Waals surface area (Å²) >= 11 is 0. The predicted octanol–water partition coefficient (Wildman–Crippen LogP) is 3.06. The van der Waals surface area contributed by atoms with Gasteiger partial charge in [-0.3, -0.25) is 0 Å². The third-order valence-electron chi connectivity index (χ3n) is 2.06. The highest BCUT2D eigenvalue weighted by Crippen LogP contribution is 2.30. The molecule has 0 bridgehead atoms. The lowest BCUT2D eigenvalue weighted by atomic mass is 10.2. The maximum Gasteiger partial charge on any atom is 0.169 e. The molecule has 2 rings (SSSR count). The summed E-state index contributed by atoms with van der Waals surface area (Å²) in [5, 5.41) is 18.2. The Bertz CT molecular complexity index is 529. The molecule has 2 aromatic rings. The Morgan fingerprint density at radius 3 is 2.44 bits per heavy atom. The van der Waals surface area contributed by atoms with E-state index in [9.17, 15) is 5.11 Å². The lowest BCUT2D eigenvalue weighted by Crippen LogP contribution is -1.85. The average molecular weight is 211 g/mol. The van der Waals surface area contributed by atoms with Crippen LogP contribution in [-0.4, -0.2) is 5.11 Å². The van der Waals surface area contributed by atoms with Crippen molar-refractivity contribution in [1.82, 2.24) is 0 Å². The zero-order valence-electron chi connectivity index (χ0n) is 8.42. The number of hydrogen-bond donors (Lipinski definition) is 1. The molecule has 0 atom stereocenters. The molecule has 0 aliphatic heterocycles. The summed E-state index contributed by atoms with van der Waals surface area (Å²) in [5.41, 5.74) is 0.401. The third kappa shape index (κ3) is 2.12. The fraction of sp³-hybridized carbons (Fsp3) is 0. The average Bonchev–Trinajstić information content (AvgIpc) is 2.33. The van der Waals surface area contributed by atoms with Gasteiger partial charge in [0.1, 0.15) is 5.75 Å². The van der Waals surface area contributed by atoms with Gasteiger partial charge in [0.2, 0.25) is 0 Å². The number of benzene rings is 2. The first-order chi connectivity index (χ1) is 7.79. The van der Waals surface area contributed by atoms with Gasteiger partial charge in [0.05, 0.1) is 11.6 Å². The number of nitriles is 1. The van der Waals surface area contributed by atoms with Crippen LogP contribution < -0.4 is 4.74 Å². The number of rotatable bonds is 2. The highest BCUT2D eigenvalue weighted by atomic mass is 16.5. The molecular weight excluding hydrogens is 202 g/mol. The number of para-hydroxylation sites is 1. The summed E-state index contributed by atoms with van der Waals surface area (Å²) in [7, 11) is 0. The van der Waals surface area contributed by atoms with E-state index in [4.69, 9.17) is 10.00 Å². The minimum absolute atomic E-state index is 0.0390. The summed E-state index contributed by atoms with van der Waals surface area (Å²) < 4.78 is 5.45. The number of ether oxygens (including phenoxy) is 1. The van der Waals surface area contributed by atoms with E-state index in [2.05, 4.69) is 0 Å². The molecule has 0 saturated carbocycles. The topological polar surface area (TPSA) is 53.2 Å². The van der Waals surface area contributed by atoms with Crippen LogP contribution in [-0.2, 0) is 0 Å². The quantitative estimate of drug-likeness (QED) is 0.830. The summed E-state index contributed by atoms with van der Waals surface area (Å²) in [5.74, 6) is 0.940. The van der Waals surface area contributed by atoms with E-state index in [0.717, 1.165) is 0 Å². The van der Waals surface area contributed by atoms with Gasteiger partial charge >= 0.3 is 0 Å². The molecular formula is C13H9NO2. The van der Waals surface area contributed by atoms with Crippen LogP contribution in [0.2, 0.25) is 0 Å². The van der Waals surface area contributed by atoms with Crippen LogP contribution >= 0.6 is 0 Å². The first-order valence-electron chi connectivity index (χ1n) is 4.75. The zero-order chi connectivity index (χ0) is 11.4. The Morgan fingerprint density at radius 1 is 1.06 bits per heavy atom. The van der Waals surface area contributed by atoms with Crippen LogP contribution in [0.5, 0.6) is 17.2 Å². The van der Waals surface area contributed by atoms with Gasteiger partial charge in [-0.1, -0.05) is 18.2 Å². The highest BCUT2D eigenvalue weighted by Gasteiger charge is 2.04. The summed E-state index contributed by atoms with van der Waals surface area (Å²) in [6.07, 6.45) is 0. The maximum absolute atomic E-state index is 9.61. The second-order valence-corrected chi connectivity index (χ2v) is 3.21. The third-order valence-corrected chi connectivity index (χ3v) is 2.06. The van der Waals surface area contributed by atoms with Crippen LogP contribution in [0.15, 0.2) is 48.5 Å². The molecule has 2 aromatic carbocycles. The van der Waals surface area contributed by atoms with Gasteiger partial charge in [-0.05, 0) is 24.3 Å². The zero-order valence-corrected chi connectivity index (χ0v) is 8.42. The van der Waals surface area contributed by atoms with Crippen molar-refractivity contribution in [2.75, 3.05) is 0 Å². The molecule has 1 N–H and O–H groups in total. The monoisotopic (exact) mass is 211 g/mol. The fourth-order valence-electron chi connectivity index (χ4n) is 1.29. The largest absolute Gasteiger partial charge is 0.504 e. The number of phenolic OH excluding ortho intramolecular Hbond substituents is 1. The van der Waals surface area contributed by atoms with E-state index >= 15 is 0 Å². The molecule has 78 valence electrons. The van der Waals surface area contributed by atoms with E-state index in [1.807, 2.05) is 24.3 Å². The summed E-state index contributed by atoms with van der Waals surface area (Å²) in [6, 6.07) is 15.6. The first kappa shape index (κ1) is 10.1. The molecule has 0 aliphatic carbocycles. The van der Waals surface area contributed by atoms with Crippen molar-refractivity contribution in [3.63, 3.8) is 0 Å². The second-order valence-electron chi connectivity index (χ2n) is 3.21. The van der Waals surface area contributed by atoms with Crippen molar-refractivity contribution >= 4 is 0 Å². The van der Waals surface area contributed by atoms with E-state index in [1.54, 1.807) is 24.3 Å². The second kappa shape index (κ2) is 4.37. The Balaban J connectivity index is 2.27. The molecule has 3 heteroatoms. The molecule has 0 saturated heterocycles. The van der Waals surface area contributed by atoms with Crippen LogP contribution in [0.3, 0.4) is 0 Å². The molecule has 0 radical (unpaired) electrons. The van der Waals surface area contributed by atoms with E-state index in [-0.39, 0.29) is 5.75 Å². The summed E-state index contributed by atoms with van der Waals surface area (Å²) in [4.78, 5) is 0. The van der Waals surface area contributed by atoms with Crippen molar-refractivity contribution in [1.29, 1.82) is 5.26 Å². The maximum atomic E-state index is 9.61. The van der Waals surface area contributed by atoms with Gasteiger partial charge in [-0.15, -0.1) is 0 Å². The van der Waals surface area contributed by atoms with Crippen LogP contribution in [0.4, 0.5) is 0 Å². The van der Waals surface area contributed by atoms with E-state index in [0.29, 0.717) is 17.1 Å². The van der Waals surface area contributed by atoms with Crippen molar-refractivity contribution < 1.29 is 9.84 Å². The van der Waals surface area contributed by atoms with Gasteiger partial charge in [0, 0.05) is 6.07 Å². The SMILES string of the molecule is N#Cc1ccc(Oc2ccccc2)c(O)c1. The van der Waals surface area contributed by atoms with Gasteiger partial charge in [0.25, 0.3) is 0 Å². The van der Waals surface area contributed by atoms with Crippen molar-refractivity contribution in [2.24, 2.45) is 0 Å². The van der Waals surface area contributed by atoms with E-state index in [1.165, 1.54) is 6.07 Å². The Hall–Kier alpha value is -2.47. The van der Waals surface area contributed by atoms with Crippen molar-refractivity contribution in [2.45, 2.75) is 0 Å². The molecule has 16 heavy (non-hydrogen) atoms. The van der Waals surface area contributed by atoms with Gasteiger partial charge in [-0.25, -0.2) is 0 Å². The first-order valence-corrected chi connectivity index (χ1v) is 4.75.